The molecule has 0 heterocycles. The van der Waals surface area contributed by atoms with E-state index in [4.69, 9.17) is 20.9 Å². The van der Waals surface area contributed by atoms with Gasteiger partial charge >= 0.3 is 0 Å². The van der Waals surface area contributed by atoms with E-state index in [0.29, 0.717) is 12.5 Å². The van der Waals surface area contributed by atoms with Gasteiger partial charge < -0.3 is 26.3 Å². The van der Waals surface area contributed by atoms with E-state index in [2.05, 4.69) is 19.2 Å². The van der Waals surface area contributed by atoms with Crippen molar-refractivity contribution in [3.63, 3.8) is 0 Å². The number of nitrogens with two attached hydrogens (primary N) is 2. The minimum absolute atomic E-state index is 0.0606. The highest BCUT2D eigenvalue weighted by Crippen LogP contribution is 2.22. The second-order valence-electron chi connectivity index (χ2n) is 9.45. The molecule has 0 fully saturated rings. The molecule has 5 heteroatoms. The van der Waals surface area contributed by atoms with Gasteiger partial charge in [0.1, 0.15) is 0 Å². The van der Waals surface area contributed by atoms with Crippen molar-refractivity contribution in [1.29, 1.82) is 0 Å². The van der Waals surface area contributed by atoms with Gasteiger partial charge in [-0.05, 0) is 38.8 Å². The highest BCUT2D eigenvalue weighted by molar-refractivity contribution is 4.65. The Morgan fingerprint density at radius 2 is 1.00 bits per heavy atom. The maximum atomic E-state index is 5.49. The Hall–Kier alpha value is -0.200. The van der Waals surface area contributed by atoms with Crippen LogP contribution in [0.4, 0.5) is 0 Å². The topological polar surface area (TPSA) is 82.5 Å². The van der Waals surface area contributed by atoms with Crippen LogP contribution in [0.5, 0.6) is 0 Å². The van der Waals surface area contributed by atoms with Crippen LogP contribution in [0, 0.1) is 5.92 Å². The Morgan fingerprint density at radius 3 is 1.45 bits per heavy atom. The van der Waals surface area contributed by atoms with Crippen LogP contribution < -0.4 is 16.8 Å². The zero-order valence-electron chi connectivity index (χ0n) is 23.2. The molecule has 33 heavy (non-hydrogen) atoms. The summed E-state index contributed by atoms with van der Waals surface area (Å²) in [6.45, 7) is 8.04. The summed E-state index contributed by atoms with van der Waals surface area (Å²) < 4.78 is 11.0. The summed E-state index contributed by atoms with van der Waals surface area (Å²) in [5.74, 6) is 0.505. The van der Waals surface area contributed by atoms with E-state index < -0.39 is 0 Å². The summed E-state index contributed by atoms with van der Waals surface area (Å²) in [5.41, 5.74) is 10.9. The Morgan fingerprint density at radius 1 is 0.545 bits per heavy atom. The fraction of sp³-hybridized carbons (Fsp3) is 1.00. The molecule has 0 spiro atoms. The van der Waals surface area contributed by atoms with Crippen LogP contribution in [0.25, 0.3) is 0 Å². The van der Waals surface area contributed by atoms with Crippen molar-refractivity contribution in [2.24, 2.45) is 17.4 Å². The fourth-order valence-corrected chi connectivity index (χ4v) is 4.26. The van der Waals surface area contributed by atoms with Gasteiger partial charge in [0.15, 0.2) is 6.29 Å². The van der Waals surface area contributed by atoms with Gasteiger partial charge in [0.25, 0.3) is 0 Å². The van der Waals surface area contributed by atoms with E-state index in [1.807, 2.05) is 0 Å². The van der Waals surface area contributed by atoms with Crippen molar-refractivity contribution in [2.45, 2.75) is 136 Å². The Labute approximate surface area is 208 Å². The minimum Gasteiger partial charge on any atom is -0.356 e. The maximum Gasteiger partial charge on any atom is 0.159 e. The summed E-state index contributed by atoms with van der Waals surface area (Å²) in [7, 11) is 3.50. The Bertz CT molecular complexity index is 320. The molecule has 0 aromatic rings. The SMILES string of the molecule is CCCCCCCCCC(CCCNCCN)C(OC)OC.CCCCCCCCCCN. The van der Waals surface area contributed by atoms with Crippen LogP contribution in [0.15, 0.2) is 0 Å². The number of unbranched alkanes of at least 4 members (excludes halogenated alkanes) is 13. The normalized spacial score (nSPS) is 12.1. The molecule has 0 aliphatic heterocycles. The lowest BCUT2D eigenvalue weighted by atomic mass is 9.94. The van der Waals surface area contributed by atoms with E-state index in [9.17, 15) is 0 Å². The number of hydrogen-bond acceptors (Lipinski definition) is 5. The number of hydrogen-bond donors (Lipinski definition) is 3. The monoisotopic (exact) mass is 473 g/mol. The predicted molar refractivity (Wildman–Crippen MR) is 147 cm³/mol. The Kier molecular flexibility index (Phi) is 33.7. The van der Waals surface area contributed by atoms with Crippen molar-refractivity contribution in [1.82, 2.24) is 5.32 Å². The molecule has 0 aromatic heterocycles. The summed E-state index contributed by atoms with van der Waals surface area (Å²) in [6, 6.07) is 0. The molecule has 0 bridgehead atoms. The first-order valence-electron chi connectivity index (χ1n) is 14.4. The molecule has 202 valence electrons. The summed E-state index contributed by atoms with van der Waals surface area (Å²) in [4.78, 5) is 0. The lowest BCUT2D eigenvalue weighted by Gasteiger charge is -2.25. The van der Waals surface area contributed by atoms with Gasteiger partial charge in [0.05, 0.1) is 0 Å². The van der Waals surface area contributed by atoms with E-state index in [1.165, 1.54) is 103 Å². The lowest BCUT2D eigenvalue weighted by Crippen LogP contribution is -2.27. The summed E-state index contributed by atoms with van der Waals surface area (Å²) in [5, 5.41) is 3.35. The standard InChI is InChI=1S/C18H40N2O2.C10H23N/c1-4-5-6-7-8-9-10-12-17(18(21-2)22-3)13-11-15-20-16-14-19;1-2-3-4-5-6-7-8-9-10-11/h17-18,20H,4-16,19H2,1-3H3;2-11H2,1H3. The van der Waals surface area contributed by atoms with Crippen molar-refractivity contribution in [3.05, 3.63) is 0 Å². The zero-order chi connectivity index (χ0) is 24.8. The lowest BCUT2D eigenvalue weighted by molar-refractivity contribution is -0.140. The van der Waals surface area contributed by atoms with Crippen molar-refractivity contribution >= 4 is 0 Å². The van der Waals surface area contributed by atoms with Crippen LogP contribution in [0.1, 0.15) is 129 Å². The third-order valence-electron chi connectivity index (χ3n) is 6.34. The number of methoxy groups -OCH3 is 2. The van der Waals surface area contributed by atoms with E-state index >= 15 is 0 Å². The first-order chi connectivity index (χ1) is 16.2. The van der Waals surface area contributed by atoms with Gasteiger partial charge in [-0.25, -0.2) is 0 Å². The van der Waals surface area contributed by atoms with Crippen LogP contribution >= 0.6 is 0 Å². The molecule has 0 aliphatic carbocycles. The van der Waals surface area contributed by atoms with Crippen molar-refractivity contribution in [3.8, 4) is 0 Å². The molecule has 5 nitrogen and oxygen atoms in total. The second kappa shape index (κ2) is 31.8. The van der Waals surface area contributed by atoms with Crippen molar-refractivity contribution in [2.75, 3.05) is 40.4 Å². The van der Waals surface area contributed by atoms with Crippen LogP contribution in [0.3, 0.4) is 0 Å². The van der Waals surface area contributed by atoms with Gasteiger partial charge in [-0.15, -0.1) is 0 Å². The smallest absolute Gasteiger partial charge is 0.159 e. The van der Waals surface area contributed by atoms with Crippen LogP contribution in [-0.2, 0) is 9.47 Å². The molecule has 1 unspecified atom stereocenters. The average Bonchev–Trinajstić information content (AvgIpc) is 2.83. The molecular formula is C28H63N3O2. The van der Waals surface area contributed by atoms with Gasteiger partial charge in [-0.3, -0.25) is 0 Å². The molecule has 0 saturated heterocycles. The molecule has 1 atom stereocenters. The largest absolute Gasteiger partial charge is 0.356 e. The van der Waals surface area contributed by atoms with Crippen molar-refractivity contribution < 1.29 is 9.47 Å². The highest BCUT2D eigenvalue weighted by Gasteiger charge is 2.20. The molecular weight excluding hydrogens is 410 g/mol. The van der Waals surface area contributed by atoms with Gasteiger partial charge in [0, 0.05) is 33.2 Å². The first-order valence-corrected chi connectivity index (χ1v) is 14.4. The number of ether oxygens (including phenoxy) is 2. The molecule has 0 radical (unpaired) electrons. The third-order valence-corrected chi connectivity index (χ3v) is 6.34. The first kappa shape index (κ1) is 35.0. The van der Waals surface area contributed by atoms with E-state index in [0.717, 1.165) is 32.5 Å². The minimum atomic E-state index is -0.0606. The maximum absolute atomic E-state index is 5.49. The summed E-state index contributed by atoms with van der Waals surface area (Å²) in [6.07, 6.45) is 23.9. The van der Waals surface area contributed by atoms with Crippen LogP contribution in [0.2, 0.25) is 0 Å². The highest BCUT2D eigenvalue weighted by atomic mass is 16.7. The average molecular weight is 474 g/mol. The molecule has 0 rings (SSSR count). The van der Waals surface area contributed by atoms with E-state index in [1.54, 1.807) is 14.2 Å². The zero-order valence-corrected chi connectivity index (χ0v) is 23.2. The van der Waals surface area contributed by atoms with E-state index in [-0.39, 0.29) is 6.29 Å². The number of rotatable bonds is 25. The third kappa shape index (κ3) is 27.9. The predicted octanol–water partition coefficient (Wildman–Crippen LogP) is 6.78. The fourth-order valence-electron chi connectivity index (χ4n) is 4.26. The summed E-state index contributed by atoms with van der Waals surface area (Å²) >= 11 is 0. The van der Waals surface area contributed by atoms with Gasteiger partial charge in [0.2, 0.25) is 0 Å². The molecule has 0 aliphatic rings. The molecule has 0 aromatic carbocycles. The van der Waals surface area contributed by atoms with Gasteiger partial charge in [-0.2, -0.15) is 0 Å². The molecule has 0 saturated carbocycles. The number of nitrogens with one attached hydrogen (secondary N) is 1. The van der Waals surface area contributed by atoms with Gasteiger partial charge in [-0.1, -0.05) is 104 Å². The molecule has 5 N–H and O–H groups in total. The quantitative estimate of drug-likeness (QED) is 0.101. The second-order valence-corrected chi connectivity index (χ2v) is 9.45. The van der Waals surface area contributed by atoms with Crippen LogP contribution in [-0.4, -0.2) is 46.7 Å². The Balaban J connectivity index is 0. The molecule has 0 amide bonds.